The number of alkyl halides is 3. The summed E-state index contributed by atoms with van der Waals surface area (Å²) < 4.78 is 71.8. The van der Waals surface area contributed by atoms with E-state index in [9.17, 15) is 27.1 Å². The molecule has 3 fully saturated rings. The van der Waals surface area contributed by atoms with Crippen LogP contribution in [0.3, 0.4) is 0 Å². The Labute approximate surface area is 198 Å². The van der Waals surface area contributed by atoms with Crippen molar-refractivity contribution >= 4 is 0 Å². The highest BCUT2D eigenvalue weighted by Gasteiger charge is 2.72. The summed E-state index contributed by atoms with van der Waals surface area (Å²) in [6.45, 7) is 0.482. The summed E-state index contributed by atoms with van der Waals surface area (Å²) in [5, 5.41) is 15.9. The fraction of sp³-hybridized carbons (Fsp3) is 0.440. The van der Waals surface area contributed by atoms with Gasteiger partial charge in [0.25, 0.3) is 0 Å². The zero-order valence-electron chi connectivity index (χ0n) is 18.9. The van der Waals surface area contributed by atoms with E-state index in [-0.39, 0.29) is 28.7 Å². The van der Waals surface area contributed by atoms with E-state index < -0.39 is 35.9 Å². The predicted octanol–water partition coefficient (Wildman–Crippen LogP) is 5.14. The van der Waals surface area contributed by atoms with Crippen LogP contribution in [0.4, 0.5) is 22.0 Å². The van der Waals surface area contributed by atoms with Crippen LogP contribution >= 0.6 is 0 Å². The minimum Gasteiger partial charge on any atom is -0.484 e. The van der Waals surface area contributed by atoms with Crippen molar-refractivity contribution in [3.8, 4) is 5.75 Å². The molecule has 2 atom stereocenters. The first-order valence-electron chi connectivity index (χ1n) is 11.3. The molecule has 2 bridgehead atoms. The van der Waals surface area contributed by atoms with E-state index in [1.807, 2.05) is 6.92 Å². The number of ether oxygens (including phenoxy) is 1. The average molecular weight is 493 g/mol. The molecule has 0 amide bonds. The van der Waals surface area contributed by atoms with E-state index in [4.69, 9.17) is 4.74 Å². The van der Waals surface area contributed by atoms with Crippen LogP contribution in [0.1, 0.15) is 37.3 Å². The van der Waals surface area contributed by atoms with Gasteiger partial charge in [0, 0.05) is 11.6 Å². The molecule has 35 heavy (non-hydrogen) atoms. The van der Waals surface area contributed by atoms with Crippen molar-refractivity contribution in [3.05, 3.63) is 77.9 Å². The largest absolute Gasteiger partial charge is 0.484 e. The summed E-state index contributed by atoms with van der Waals surface area (Å²) >= 11 is 0. The lowest BCUT2D eigenvalue weighted by Gasteiger charge is -2.75. The molecular formula is C25H24F5N3O2. The minimum atomic E-state index is -4.40. The molecule has 0 aliphatic heterocycles. The Balaban J connectivity index is 1.35. The molecule has 0 radical (unpaired) electrons. The molecule has 3 aromatic rings. The first kappa shape index (κ1) is 23.7. The van der Waals surface area contributed by atoms with Gasteiger partial charge in [0.05, 0.1) is 6.54 Å². The van der Waals surface area contributed by atoms with Gasteiger partial charge in [-0.05, 0) is 59.8 Å². The summed E-state index contributed by atoms with van der Waals surface area (Å²) in [7, 11) is 0. The van der Waals surface area contributed by atoms with Crippen LogP contribution in [0.5, 0.6) is 5.75 Å². The van der Waals surface area contributed by atoms with Gasteiger partial charge < -0.3 is 9.84 Å². The van der Waals surface area contributed by atoms with Crippen LogP contribution in [0.2, 0.25) is 0 Å². The molecule has 0 saturated heterocycles. The second kappa shape index (κ2) is 8.01. The fourth-order valence-electron chi connectivity index (χ4n) is 6.07. The summed E-state index contributed by atoms with van der Waals surface area (Å²) in [4.78, 5) is 3.90. The number of halogens is 5. The monoisotopic (exact) mass is 493 g/mol. The third kappa shape index (κ3) is 4.07. The normalized spacial score (nSPS) is 25.8. The van der Waals surface area contributed by atoms with E-state index in [2.05, 4.69) is 10.1 Å². The van der Waals surface area contributed by atoms with Gasteiger partial charge in [-0.1, -0.05) is 25.1 Å². The Bertz CT molecular complexity index is 1190. The zero-order valence-corrected chi connectivity index (χ0v) is 18.9. The molecule has 3 aliphatic carbocycles. The fourth-order valence-corrected chi connectivity index (χ4v) is 6.07. The maximum atomic E-state index is 14.8. The molecule has 5 nitrogen and oxygen atoms in total. The van der Waals surface area contributed by atoms with Crippen LogP contribution < -0.4 is 4.74 Å². The first-order chi connectivity index (χ1) is 16.4. The first-order valence-corrected chi connectivity index (χ1v) is 11.3. The second-order valence-corrected chi connectivity index (χ2v) is 9.96. The quantitative estimate of drug-likeness (QED) is 0.442. The predicted molar refractivity (Wildman–Crippen MR) is 115 cm³/mol. The number of hydrogen-bond acceptors (Lipinski definition) is 4. The molecule has 10 heteroatoms. The van der Waals surface area contributed by atoms with Gasteiger partial charge in [0.2, 0.25) is 0 Å². The summed E-state index contributed by atoms with van der Waals surface area (Å²) in [6, 6.07) is 9.79. The van der Waals surface area contributed by atoms with Crippen molar-refractivity contribution in [3.63, 3.8) is 0 Å². The number of nitrogens with zero attached hydrogens (tertiary/aromatic N) is 3. The Morgan fingerprint density at radius 1 is 1.09 bits per heavy atom. The SMILES string of the molecule is CC(C12CC(c3ccc(OCC(F)(F)F)cc3)(C1)C2)[C@](O)(Cn1cncn1)c1ccc(F)cc1F. The summed E-state index contributed by atoms with van der Waals surface area (Å²) in [5.41, 5.74) is -1.05. The maximum Gasteiger partial charge on any atom is 0.422 e. The highest BCUT2D eigenvalue weighted by Crippen LogP contribution is 2.78. The highest BCUT2D eigenvalue weighted by atomic mass is 19.4. The molecule has 0 spiro atoms. The average Bonchev–Trinajstić information content (AvgIpc) is 3.23. The van der Waals surface area contributed by atoms with Crippen LogP contribution in [-0.2, 0) is 17.6 Å². The Kier molecular flexibility index (Phi) is 5.43. The second-order valence-electron chi connectivity index (χ2n) is 9.96. The van der Waals surface area contributed by atoms with E-state index in [0.29, 0.717) is 0 Å². The van der Waals surface area contributed by atoms with E-state index in [1.165, 1.54) is 35.5 Å². The van der Waals surface area contributed by atoms with Crippen molar-refractivity contribution in [2.45, 2.75) is 49.9 Å². The third-order valence-corrected chi connectivity index (χ3v) is 7.84. The highest BCUT2D eigenvalue weighted by molar-refractivity contribution is 5.42. The van der Waals surface area contributed by atoms with Gasteiger partial charge in [-0.15, -0.1) is 0 Å². The van der Waals surface area contributed by atoms with Gasteiger partial charge in [-0.25, -0.2) is 18.4 Å². The van der Waals surface area contributed by atoms with Crippen LogP contribution in [0.25, 0.3) is 0 Å². The lowest BCUT2D eigenvalue weighted by molar-refractivity contribution is -0.231. The van der Waals surface area contributed by atoms with Gasteiger partial charge >= 0.3 is 6.18 Å². The minimum absolute atomic E-state index is 0.00633. The van der Waals surface area contributed by atoms with Crippen molar-refractivity contribution in [2.75, 3.05) is 6.61 Å². The molecule has 6 rings (SSSR count). The Morgan fingerprint density at radius 3 is 2.34 bits per heavy atom. The molecule has 3 aliphatic rings. The summed E-state index contributed by atoms with van der Waals surface area (Å²) in [6.07, 6.45) is 0.586. The van der Waals surface area contributed by atoms with Crippen molar-refractivity contribution in [2.24, 2.45) is 11.3 Å². The number of aromatic nitrogens is 3. The van der Waals surface area contributed by atoms with E-state index in [0.717, 1.165) is 37.0 Å². The molecule has 3 saturated carbocycles. The van der Waals surface area contributed by atoms with Crippen LogP contribution in [0, 0.1) is 23.0 Å². The molecule has 1 unspecified atom stereocenters. The number of aliphatic hydroxyl groups is 1. The lowest BCUT2D eigenvalue weighted by Crippen LogP contribution is -2.70. The third-order valence-electron chi connectivity index (χ3n) is 7.84. The van der Waals surface area contributed by atoms with E-state index >= 15 is 0 Å². The Hall–Kier alpha value is -3.01. The van der Waals surface area contributed by atoms with Gasteiger partial charge in [-0.2, -0.15) is 18.3 Å². The molecule has 2 aromatic carbocycles. The van der Waals surface area contributed by atoms with Crippen molar-refractivity contribution in [1.82, 2.24) is 14.8 Å². The zero-order chi connectivity index (χ0) is 25.1. The van der Waals surface area contributed by atoms with Gasteiger partial charge in [0.1, 0.15) is 35.6 Å². The molecular weight excluding hydrogens is 469 g/mol. The summed E-state index contributed by atoms with van der Waals surface area (Å²) in [5.74, 6) is -1.80. The molecule has 186 valence electrons. The topological polar surface area (TPSA) is 60.2 Å². The number of hydrogen-bond donors (Lipinski definition) is 1. The van der Waals surface area contributed by atoms with Crippen molar-refractivity contribution in [1.29, 1.82) is 0 Å². The van der Waals surface area contributed by atoms with Crippen LogP contribution in [0.15, 0.2) is 55.1 Å². The standard InChI is InChI=1S/C25H24F5N3O2/c1-16(24(34,12-33-15-31-14-32-33)20-7-4-18(26)8-21(20)27)22-9-23(10-22,11-22)17-2-5-19(6-3-17)35-13-25(28,29)30/h2-8,14-16,34H,9-13H2,1H3/t16?,22?,23?,24-/m1/s1. The number of benzene rings is 2. The maximum absolute atomic E-state index is 14.8. The molecule has 1 aromatic heterocycles. The van der Waals surface area contributed by atoms with Crippen molar-refractivity contribution < 1.29 is 31.8 Å². The molecule has 1 heterocycles. The number of rotatable bonds is 8. The van der Waals surface area contributed by atoms with Gasteiger partial charge in [0.15, 0.2) is 6.61 Å². The smallest absolute Gasteiger partial charge is 0.422 e. The van der Waals surface area contributed by atoms with E-state index in [1.54, 1.807) is 12.1 Å². The van der Waals surface area contributed by atoms with Crippen LogP contribution in [-0.4, -0.2) is 32.7 Å². The Morgan fingerprint density at radius 2 is 1.77 bits per heavy atom. The molecule has 1 N–H and O–H groups in total. The lowest BCUT2D eigenvalue weighted by atomic mass is 9.29. The van der Waals surface area contributed by atoms with Gasteiger partial charge in [-0.3, -0.25) is 0 Å².